The molecule has 134 valence electrons. The van der Waals surface area contributed by atoms with Crippen molar-refractivity contribution in [2.45, 2.75) is 13.0 Å². The van der Waals surface area contributed by atoms with Gasteiger partial charge < -0.3 is 5.32 Å². The lowest BCUT2D eigenvalue weighted by Gasteiger charge is -2.28. The molecule has 0 aromatic heterocycles. The molecule has 0 bridgehead atoms. The van der Waals surface area contributed by atoms with Crippen LogP contribution in [0.2, 0.25) is 0 Å². The first kappa shape index (κ1) is 18.8. The predicted octanol–water partition coefficient (Wildman–Crippen LogP) is 2.90. The highest BCUT2D eigenvalue weighted by Crippen LogP contribution is 2.23. The molecular formula is C16H15F3N2O3S. The molecule has 0 aliphatic rings. The quantitative estimate of drug-likeness (QED) is 0.878. The van der Waals surface area contributed by atoms with Crippen molar-refractivity contribution in [2.75, 3.05) is 15.9 Å². The summed E-state index contributed by atoms with van der Waals surface area (Å²) in [5.74, 6) is -3.51. The number of carbonyl (C=O) groups is 1. The summed E-state index contributed by atoms with van der Waals surface area (Å²) < 4.78 is 65.2. The Balaban J connectivity index is 2.35. The Labute approximate surface area is 143 Å². The maximum Gasteiger partial charge on any atom is 0.248 e. The van der Waals surface area contributed by atoms with Gasteiger partial charge in [0.2, 0.25) is 15.9 Å². The first-order valence-electron chi connectivity index (χ1n) is 7.11. The summed E-state index contributed by atoms with van der Waals surface area (Å²) in [6.45, 7) is 1.25. The molecule has 1 atom stereocenters. The molecule has 0 unspecified atom stereocenters. The van der Waals surface area contributed by atoms with E-state index >= 15 is 0 Å². The number of amides is 1. The van der Waals surface area contributed by atoms with E-state index in [1.807, 2.05) is 5.32 Å². The van der Waals surface area contributed by atoms with Gasteiger partial charge in [0.25, 0.3) is 0 Å². The molecule has 1 N–H and O–H groups in total. The van der Waals surface area contributed by atoms with E-state index in [1.54, 1.807) is 0 Å². The summed E-state index contributed by atoms with van der Waals surface area (Å²) in [4.78, 5) is 12.3. The average molecular weight is 372 g/mol. The Morgan fingerprint density at radius 3 is 2.04 bits per heavy atom. The third kappa shape index (κ3) is 4.30. The van der Waals surface area contributed by atoms with E-state index in [9.17, 15) is 26.4 Å². The van der Waals surface area contributed by atoms with Crippen molar-refractivity contribution in [3.8, 4) is 0 Å². The van der Waals surface area contributed by atoms with E-state index in [0.717, 1.165) is 40.9 Å². The van der Waals surface area contributed by atoms with Gasteiger partial charge in [0.05, 0.1) is 11.9 Å². The van der Waals surface area contributed by atoms with Crippen molar-refractivity contribution >= 4 is 27.3 Å². The number of hydrogen-bond acceptors (Lipinski definition) is 3. The Morgan fingerprint density at radius 2 is 1.56 bits per heavy atom. The van der Waals surface area contributed by atoms with Gasteiger partial charge in [-0.05, 0) is 43.3 Å². The Morgan fingerprint density at radius 1 is 1.04 bits per heavy atom. The van der Waals surface area contributed by atoms with Crippen LogP contribution < -0.4 is 9.62 Å². The van der Waals surface area contributed by atoms with Gasteiger partial charge in [-0.1, -0.05) is 6.07 Å². The van der Waals surface area contributed by atoms with Crippen molar-refractivity contribution in [3.63, 3.8) is 0 Å². The van der Waals surface area contributed by atoms with E-state index in [0.29, 0.717) is 0 Å². The lowest BCUT2D eigenvalue weighted by atomic mass is 10.2. The van der Waals surface area contributed by atoms with E-state index in [4.69, 9.17) is 0 Å². The van der Waals surface area contributed by atoms with Gasteiger partial charge in [0, 0.05) is 0 Å². The minimum atomic E-state index is -3.93. The number of rotatable bonds is 5. The van der Waals surface area contributed by atoms with Crippen LogP contribution in [0.3, 0.4) is 0 Å². The number of benzene rings is 2. The molecule has 2 aromatic rings. The van der Waals surface area contributed by atoms with E-state index in [2.05, 4.69) is 0 Å². The molecular weight excluding hydrogens is 357 g/mol. The van der Waals surface area contributed by atoms with Gasteiger partial charge in [-0.3, -0.25) is 9.10 Å². The number of anilines is 2. The summed E-state index contributed by atoms with van der Waals surface area (Å²) in [5.41, 5.74) is -0.632. The van der Waals surface area contributed by atoms with Crippen molar-refractivity contribution in [1.29, 1.82) is 0 Å². The number of hydrogen-bond donors (Lipinski definition) is 1. The molecule has 5 nitrogen and oxygen atoms in total. The standard InChI is InChI=1S/C16H15F3N2O3S/c1-10(16(22)20-15-13(18)4-3-5-14(15)19)21(25(2,23)24)12-8-6-11(17)7-9-12/h3-10H,1-2H3,(H,20,22)/t10-/m1/s1. The number of nitrogens with zero attached hydrogens (tertiary/aromatic N) is 1. The monoisotopic (exact) mass is 372 g/mol. The maximum absolute atomic E-state index is 13.6. The molecule has 0 aliphatic carbocycles. The molecule has 2 aromatic carbocycles. The van der Waals surface area contributed by atoms with E-state index in [1.165, 1.54) is 19.1 Å². The van der Waals surface area contributed by atoms with Crippen LogP contribution in [0.25, 0.3) is 0 Å². The largest absolute Gasteiger partial charge is 0.319 e. The number of para-hydroxylation sites is 1. The van der Waals surface area contributed by atoms with Gasteiger partial charge in [0.1, 0.15) is 29.2 Å². The maximum atomic E-state index is 13.6. The van der Waals surface area contributed by atoms with Gasteiger partial charge in [-0.2, -0.15) is 0 Å². The van der Waals surface area contributed by atoms with Crippen LogP contribution >= 0.6 is 0 Å². The van der Waals surface area contributed by atoms with Gasteiger partial charge in [-0.15, -0.1) is 0 Å². The normalized spacial score (nSPS) is 12.5. The van der Waals surface area contributed by atoms with Crippen molar-refractivity contribution in [3.05, 3.63) is 59.9 Å². The van der Waals surface area contributed by atoms with E-state index < -0.39 is 45.1 Å². The fraction of sp³-hybridized carbons (Fsp3) is 0.188. The second kappa shape index (κ2) is 7.14. The molecule has 25 heavy (non-hydrogen) atoms. The molecule has 0 saturated heterocycles. The summed E-state index contributed by atoms with van der Waals surface area (Å²) in [6.07, 6.45) is 0.865. The number of sulfonamides is 1. The minimum Gasteiger partial charge on any atom is -0.319 e. The molecule has 0 aliphatic heterocycles. The zero-order chi connectivity index (χ0) is 18.8. The highest BCUT2D eigenvalue weighted by Gasteiger charge is 2.30. The third-order valence-corrected chi connectivity index (χ3v) is 4.62. The van der Waals surface area contributed by atoms with Crippen LogP contribution in [0.15, 0.2) is 42.5 Å². The average Bonchev–Trinajstić information content (AvgIpc) is 2.51. The number of halogens is 3. The summed E-state index contributed by atoms with van der Waals surface area (Å²) in [7, 11) is -3.93. The van der Waals surface area contributed by atoms with Crippen LogP contribution in [-0.2, 0) is 14.8 Å². The smallest absolute Gasteiger partial charge is 0.248 e. The first-order valence-corrected chi connectivity index (χ1v) is 8.96. The topological polar surface area (TPSA) is 66.5 Å². The molecule has 0 spiro atoms. The van der Waals surface area contributed by atoms with Crippen LogP contribution in [0.5, 0.6) is 0 Å². The van der Waals surface area contributed by atoms with Gasteiger partial charge in [-0.25, -0.2) is 21.6 Å². The first-order chi connectivity index (χ1) is 11.6. The molecule has 1 amide bonds. The third-order valence-electron chi connectivity index (χ3n) is 3.38. The van der Waals surface area contributed by atoms with Crippen molar-refractivity contribution in [2.24, 2.45) is 0 Å². The Bertz CT molecular complexity index is 866. The highest BCUT2D eigenvalue weighted by atomic mass is 32.2. The zero-order valence-corrected chi connectivity index (χ0v) is 14.1. The van der Waals surface area contributed by atoms with Crippen LogP contribution in [0.4, 0.5) is 24.5 Å². The summed E-state index contributed by atoms with van der Waals surface area (Å²) in [6, 6.07) is 6.15. The fourth-order valence-corrected chi connectivity index (χ4v) is 3.42. The van der Waals surface area contributed by atoms with Gasteiger partial charge >= 0.3 is 0 Å². The SMILES string of the molecule is C[C@H](C(=O)Nc1c(F)cccc1F)N(c1ccc(F)cc1)S(C)(=O)=O. The molecule has 0 radical (unpaired) electrons. The molecule has 9 heteroatoms. The molecule has 2 rings (SSSR count). The fourth-order valence-electron chi connectivity index (χ4n) is 2.24. The lowest BCUT2D eigenvalue weighted by molar-refractivity contribution is -0.116. The predicted molar refractivity (Wildman–Crippen MR) is 88.2 cm³/mol. The van der Waals surface area contributed by atoms with Crippen LogP contribution in [0, 0.1) is 17.5 Å². The minimum absolute atomic E-state index is 0.0422. The lowest BCUT2D eigenvalue weighted by Crippen LogP contribution is -2.45. The summed E-state index contributed by atoms with van der Waals surface area (Å²) in [5, 5.41) is 2.04. The van der Waals surface area contributed by atoms with Gasteiger partial charge in [0.15, 0.2) is 0 Å². The summed E-state index contributed by atoms with van der Waals surface area (Å²) >= 11 is 0. The van der Waals surface area contributed by atoms with E-state index in [-0.39, 0.29) is 5.69 Å². The molecule has 0 heterocycles. The van der Waals surface area contributed by atoms with Crippen LogP contribution in [0.1, 0.15) is 6.92 Å². The molecule has 0 fully saturated rings. The second-order valence-electron chi connectivity index (χ2n) is 5.30. The zero-order valence-electron chi connectivity index (χ0n) is 13.3. The highest BCUT2D eigenvalue weighted by molar-refractivity contribution is 7.92. The molecule has 0 saturated carbocycles. The second-order valence-corrected chi connectivity index (χ2v) is 7.16. The Kier molecular flexibility index (Phi) is 5.36. The Hall–Kier alpha value is -2.55. The van der Waals surface area contributed by atoms with Crippen LogP contribution in [-0.4, -0.2) is 26.6 Å². The number of nitrogens with one attached hydrogen (secondary N) is 1. The van der Waals surface area contributed by atoms with Crippen molar-refractivity contribution < 1.29 is 26.4 Å². The number of carbonyl (C=O) groups excluding carboxylic acids is 1. The van der Waals surface area contributed by atoms with Crippen molar-refractivity contribution in [1.82, 2.24) is 0 Å².